The van der Waals surface area contributed by atoms with Crippen molar-refractivity contribution in [3.05, 3.63) is 21.9 Å². The van der Waals surface area contributed by atoms with Crippen LogP contribution in [0.4, 0.5) is 8.78 Å². The largest absolute Gasteiger partial charge is 0.281 e. The van der Waals surface area contributed by atoms with Gasteiger partial charge in [-0.15, -0.1) is 0 Å². The van der Waals surface area contributed by atoms with Crippen LogP contribution < -0.4 is 5.14 Å². The maximum Gasteiger partial charge on any atom is 0.281 e. The minimum Gasteiger partial charge on any atom is -0.251 e. The molecular weight excluding hydrogens is 294 g/mol. The maximum atomic E-state index is 12.4. The molecule has 0 saturated heterocycles. The summed E-state index contributed by atoms with van der Waals surface area (Å²) in [5, 5.41) is 4.87. The molecular formula is C7H7BrF2N2O2S. The smallest absolute Gasteiger partial charge is 0.251 e. The van der Waals surface area contributed by atoms with Gasteiger partial charge in [0, 0.05) is 5.69 Å². The van der Waals surface area contributed by atoms with E-state index >= 15 is 0 Å². The number of alkyl halides is 2. The molecule has 0 aliphatic carbocycles. The van der Waals surface area contributed by atoms with E-state index in [2.05, 4.69) is 20.9 Å². The lowest BCUT2D eigenvalue weighted by Crippen LogP contribution is -2.14. The predicted molar refractivity (Wildman–Crippen MR) is 53.0 cm³/mol. The summed E-state index contributed by atoms with van der Waals surface area (Å²) in [5.74, 6) is 0. The number of aryl methyl sites for hydroxylation is 1. The first kappa shape index (κ1) is 12.5. The van der Waals surface area contributed by atoms with Gasteiger partial charge in [0.05, 0.1) is 9.37 Å². The van der Waals surface area contributed by atoms with E-state index in [1.54, 1.807) is 0 Å². The number of primary sulfonamides is 1. The maximum absolute atomic E-state index is 12.4. The second-order valence-electron chi connectivity index (χ2n) is 2.81. The van der Waals surface area contributed by atoms with Gasteiger partial charge in [-0.3, -0.25) is 4.98 Å². The molecule has 0 aliphatic rings. The van der Waals surface area contributed by atoms with Crippen molar-refractivity contribution in [3.63, 3.8) is 0 Å². The SMILES string of the molecule is Cc1cc(S(N)(=O)=O)c(Br)c(C(F)F)n1. The Labute approximate surface area is 93.7 Å². The molecule has 0 unspecified atom stereocenters. The number of hydrogen-bond donors (Lipinski definition) is 1. The molecule has 4 nitrogen and oxygen atoms in total. The Hall–Kier alpha value is -0.600. The van der Waals surface area contributed by atoms with Crippen molar-refractivity contribution in [1.82, 2.24) is 4.98 Å². The summed E-state index contributed by atoms with van der Waals surface area (Å²) in [4.78, 5) is 3.15. The minimum absolute atomic E-state index is 0.164. The number of hydrogen-bond acceptors (Lipinski definition) is 3. The van der Waals surface area contributed by atoms with E-state index in [0.29, 0.717) is 0 Å². The van der Waals surface area contributed by atoms with E-state index in [1.807, 2.05) is 0 Å². The van der Waals surface area contributed by atoms with Gasteiger partial charge in [-0.1, -0.05) is 0 Å². The Morgan fingerprint density at radius 3 is 2.47 bits per heavy atom. The van der Waals surface area contributed by atoms with Crippen LogP contribution in [0.1, 0.15) is 17.8 Å². The van der Waals surface area contributed by atoms with E-state index in [9.17, 15) is 17.2 Å². The van der Waals surface area contributed by atoms with Crippen LogP contribution >= 0.6 is 15.9 Å². The van der Waals surface area contributed by atoms with Crippen LogP contribution in [0.5, 0.6) is 0 Å². The van der Waals surface area contributed by atoms with E-state index < -0.39 is 22.1 Å². The molecule has 0 fully saturated rings. The zero-order valence-corrected chi connectivity index (χ0v) is 9.94. The first-order valence-corrected chi connectivity index (χ1v) is 6.05. The standard InChI is InChI=1S/C7H7BrF2N2O2S/c1-3-2-4(15(11,13)14)5(8)6(12-3)7(9)10/h2,7H,1H3,(H2,11,13,14). The lowest BCUT2D eigenvalue weighted by atomic mass is 10.3. The Morgan fingerprint density at radius 1 is 1.53 bits per heavy atom. The summed E-state index contributed by atoms with van der Waals surface area (Å²) in [5.41, 5.74) is -0.462. The second-order valence-corrected chi connectivity index (χ2v) is 5.13. The number of pyridine rings is 1. The Bertz CT molecular complexity index is 490. The molecule has 0 atom stereocenters. The zero-order valence-electron chi connectivity index (χ0n) is 7.54. The third-order valence-corrected chi connectivity index (χ3v) is 3.62. The molecule has 84 valence electrons. The molecule has 0 amide bonds. The van der Waals surface area contributed by atoms with Crippen LogP contribution in [0, 0.1) is 6.92 Å². The van der Waals surface area contributed by atoms with Crippen molar-refractivity contribution < 1.29 is 17.2 Å². The highest BCUT2D eigenvalue weighted by Crippen LogP contribution is 2.30. The van der Waals surface area contributed by atoms with Gasteiger partial charge in [-0.2, -0.15) is 0 Å². The molecule has 1 heterocycles. The first-order chi connectivity index (χ1) is 6.73. The Kier molecular flexibility index (Phi) is 3.41. The van der Waals surface area contributed by atoms with Gasteiger partial charge in [0.1, 0.15) is 5.69 Å². The molecule has 0 aliphatic heterocycles. The van der Waals surface area contributed by atoms with Crippen LogP contribution in [0.15, 0.2) is 15.4 Å². The molecule has 2 N–H and O–H groups in total. The van der Waals surface area contributed by atoms with E-state index in [4.69, 9.17) is 5.14 Å². The van der Waals surface area contributed by atoms with Crippen molar-refractivity contribution in [3.8, 4) is 0 Å². The third kappa shape index (κ3) is 2.70. The third-order valence-electron chi connectivity index (χ3n) is 1.59. The van der Waals surface area contributed by atoms with Crippen molar-refractivity contribution in [2.45, 2.75) is 18.2 Å². The van der Waals surface area contributed by atoms with Crippen molar-refractivity contribution >= 4 is 26.0 Å². The van der Waals surface area contributed by atoms with Gasteiger partial charge in [-0.05, 0) is 28.9 Å². The summed E-state index contributed by atoms with van der Waals surface area (Å²) in [6, 6.07) is 1.13. The van der Waals surface area contributed by atoms with E-state index in [0.717, 1.165) is 6.07 Å². The summed E-state index contributed by atoms with van der Waals surface area (Å²) in [6.45, 7) is 1.41. The number of nitrogens with zero attached hydrogens (tertiary/aromatic N) is 1. The average molecular weight is 301 g/mol. The topological polar surface area (TPSA) is 73.1 Å². The van der Waals surface area contributed by atoms with Crippen LogP contribution in [-0.4, -0.2) is 13.4 Å². The molecule has 0 aromatic carbocycles. The second kappa shape index (κ2) is 4.11. The fourth-order valence-corrected chi connectivity index (χ4v) is 2.74. The number of aromatic nitrogens is 1. The number of halogens is 3. The van der Waals surface area contributed by atoms with Crippen molar-refractivity contribution in [2.75, 3.05) is 0 Å². The molecule has 0 radical (unpaired) electrons. The predicted octanol–water partition coefficient (Wildman–Crippen LogP) is 1.74. The van der Waals surface area contributed by atoms with Gasteiger partial charge >= 0.3 is 0 Å². The van der Waals surface area contributed by atoms with Crippen molar-refractivity contribution in [2.24, 2.45) is 5.14 Å². The highest BCUT2D eigenvalue weighted by atomic mass is 79.9. The number of rotatable bonds is 2. The Morgan fingerprint density at radius 2 is 2.07 bits per heavy atom. The van der Waals surface area contributed by atoms with Gasteiger partial charge in [-0.25, -0.2) is 22.3 Å². The van der Waals surface area contributed by atoms with Gasteiger partial charge in [0.2, 0.25) is 10.0 Å². The molecule has 1 aromatic rings. The van der Waals surface area contributed by atoms with E-state index in [1.165, 1.54) is 6.92 Å². The van der Waals surface area contributed by atoms with Gasteiger partial charge in [0.25, 0.3) is 6.43 Å². The molecule has 1 aromatic heterocycles. The van der Waals surface area contributed by atoms with Crippen LogP contribution in [0.3, 0.4) is 0 Å². The first-order valence-electron chi connectivity index (χ1n) is 3.71. The molecule has 15 heavy (non-hydrogen) atoms. The Balaban J connectivity index is 3.56. The lowest BCUT2D eigenvalue weighted by molar-refractivity contribution is 0.144. The molecule has 1 rings (SSSR count). The van der Waals surface area contributed by atoms with Gasteiger partial charge < -0.3 is 0 Å². The highest BCUT2D eigenvalue weighted by Gasteiger charge is 2.22. The average Bonchev–Trinajstić information content (AvgIpc) is 2.06. The quantitative estimate of drug-likeness (QED) is 0.904. The molecule has 0 spiro atoms. The summed E-state index contributed by atoms with van der Waals surface area (Å²) >= 11 is 2.75. The number of nitrogens with two attached hydrogens (primary N) is 1. The van der Waals surface area contributed by atoms with Crippen molar-refractivity contribution in [1.29, 1.82) is 0 Å². The zero-order chi connectivity index (χ0) is 11.8. The molecule has 0 saturated carbocycles. The lowest BCUT2D eigenvalue weighted by Gasteiger charge is -2.08. The van der Waals surface area contributed by atoms with Crippen LogP contribution in [0.2, 0.25) is 0 Å². The van der Waals surface area contributed by atoms with E-state index in [-0.39, 0.29) is 15.1 Å². The highest BCUT2D eigenvalue weighted by molar-refractivity contribution is 9.10. The van der Waals surface area contributed by atoms with Crippen LogP contribution in [-0.2, 0) is 10.0 Å². The minimum atomic E-state index is -4.03. The van der Waals surface area contributed by atoms with Crippen LogP contribution in [0.25, 0.3) is 0 Å². The molecule has 0 bridgehead atoms. The van der Waals surface area contributed by atoms with Gasteiger partial charge in [0.15, 0.2) is 0 Å². The monoisotopic (exact) mass is 300 g/mol. The fraction of sp³-hybridized carbons (Fsp3) is 0.286. The normalized spacial score (nSPS) is 12.1. The number of sulfonamides is 1. The summed E-state index contributed by atoms with van der Waals surface area (Å²) in [6.07, 6.45) is -2.86. The molecule has 8 heteroatoms. The summed E-state index contributed by atoms with van der Waals surface area (Å²) < 4.78 is 46.7. The fourth-order valence-electron chi connectivity index (χ4n) is 1.00. The summed E-state index contributed by atoms with van der Waals surface area (Å²) in [7, 11) is -4.03.